The maximum atomic E-state index is 14.0. The lowest BCUT2D eigenvalue weighted by Crippen LogP contribution is -2.56. The van der Waals surface area contributed by atoms with Crippen molar-refractivity contribution < 1.29 is 9.90 Å². The number of carboxylic acids is 1. The highest BCUT2D eigenvalue weighted by Crippen LogP contribution is 2.56. The Balaban J connectivity index is 2.11. The molecule has 0 bridgehead atoms. The molecule has 0 aliphatic carbocycles. The Labute approximate surface area is 215 Å². The van der Waals surface area contributed by atoms with Gasteiger partial charge in [-0.2, -0.15) is 0 Å². The second kappa shape index (κ2) is 11.9. The van der Waals surface area contributed by atoms with Gasteiger partial charge in [0.15, 0.2) is 0 Å². The highest BCUT2D eigenvalue weighted by molar-refractivity contribution is 5.90. The predicted molar refractivity (Wildman–Crippen MR) is 148 cm³/mol. The molecule has 4 rings (SSSR count). The van der Waals surface area contributed by atoms with Crippen LogP contribution in [0.3, 0.4) is 0 Å². The van der Waals surface area contributed by atoms with E-state index in [2.05, 4.69) is 31.2 Å². The fourth-order valence-corrected chi connectivity index (χ4v) is 5.98. The molecule has 0 atom stereocenters. The van der Waals surface area contributed by atoms with Crippen LogP contribution in [0, 0.1) is 0 Å². The van der Waals surface area contributed by atoms with Gasteiger partial charge in [-0.3, -0.25) is 4.79 Å². The summed E-state index contributed by atoms with van der Waals surface area (Å²) in [5, 5.41) is 11.4. The first kappa shape index (κ1) is 25.4. The fraction of sp³-hybridized carbons (Fsp3) is 0.265. The van der Waals surface area contributed by atoms with Crippen LogP contribution in [-0.4, -0.2) is 11.1 Å². The standard InChI is InChI=1S/C34H36O2/c1-2-3-4-5-18-27-33(28-19-10-6-11-20-28,29-21-12-7-13-22-29)34(32(35)36,30-23-14-8-15-24-30)31-25-16-9-17-26-31/h6-17,19-26H,2-5,18,27H2,1H3,(H,35,36). The zero-order valence-electron chi connectivity index (χ0n) is 21.1. The fourth-order valence-electron chi connectivity index (χ4n) is 5.98. The lowest BCUT2D eigenvalue weighted by Gasteiger charge is -2.50. The molecular formula is C34H36O2. The molecule has 2 nitrogen and oxygen atoms in total. The van der Waals surface area contributed by atoms with E-state index in [-0.39, 0.29) is 0 Å². The number of carbonyl (C=O) groups is 1. The second-order valence-corrected chi connectivity index (χ2v) is 9.59. The van der Waals surface area contributed by atoms with E-state index >= 15 is 0 Å². The highest BCUT2D eigenvalue weighted by Gasteiger charge is 2.60. The number of carboxylic acid groups (broad SMARTS) is 1. The molecule has 4 aromatic rings. The van der Waals surface area contributed by atoms with Crippen LogP contribution in [-0.2, 0) is 15.6 Å². The van der Waals surface area contributed by atoms with Crippen molar-refractivity contribution in [1.29, 1.82) is 0 Å². The molecule has 36 heavy (non-hydrogen) atoms. The Morgan fingerprint density at radius 2 is 0.917 bits per heavy atom. The minimum absolute atomic E-state index is 0.723. The molecule has 0 saturated heterocycles. The number of hydrogen-bond acceptors (Lipinski definition) is 1. The van der Waals surface area contributed by atoms with Crippen molar-refractivity contribution in [3.05, 3.63) is 144 Å². The summed E-state index contributed by atoms with van der Waals surface area (Å²) >= 11 is 0. The van der Waals surface area contributed by atoms with E-state index < -0.39 is 16.8 Å². The van der Waals surface area contributed by atoms with Gasteiger partial charge >= 0.3 is 5.97 Å². The van der Waals surface area contributed by atoms with Crippen molar-refractivity contribution in [3.63, 3.8) is 0 Å². The third-order valence-corrected chi connectivity index (χ3v) is 7.56. The van der Waals surface area contributed by atoms with Gasteiger partial charge in [0.1, 0.15) is 5.41 Å². The summed E-state index contributed by atoms with van der Waals surface area (Å²) < 4.78 is 0. The smallest absolute Gasteiger partial charge is 0.319 e. The SMILES string of the molecule is CCCCCCCC(c1ccccc1)(c1ccccc1)C(C(=O)O)(c1ccccc1)c1ccccc1. The minimum Gasteiger partial charge on any atom is -0.480 e. The third-order valence-electron chi connectivity index (χ3n) is 7.56. The molecule has 4 aromatic carbocycles. The van der Waals surface area contributed by atoms with E-state index in [0.29, 0.717) is 0 Å². The van der Waals surface area contributed by atoms with Crippen molar-refractivity contribution in [2.45, 2.75) is 56.3 Å². The van der Waals surface area contributed by atoms with Crippen molar-refractivity contribution in [1.82, 2.24) is 0 Å². The third kappa shape index (κ3) is 4.60. The van der Waals surface area contributed by atoms with Crippen LogP contribution in [0.1, 0.15) is 67.7 Å². The van der Waals surface area contributed by atoms with Gasteiger partial charge in [0.25, 0.3) is 0 Å². The first-order valence-corrected chi connectivity index (χ1v) is 13.1. The number of hydrogen-bond donors (Lipinski definition) is 1. The molecule has 0 radical (unpaired) electrons. The lowest BCUT2D eigenvalue weighted by atomic mass is 9.50. The van der Waals surface area contributed by atoms with Gasteiger partial charge in [-0.25, -0.2) is 0 Å². The van der Waals surface area contributed by atoms with Crippen LogP contribution in [0.5, 0.6) is 0 Å². The molecule has 0 amide bonds. The topological polar surface area (TPSA) is 37.3 Å². The summed E-state index contributed by atoms with van der Waals surface area (Å²) in [6.45, 7) is 2.22. The quantitative estimate of drug-likeness (QED) is 0.208. The van der Waals surface area contributed by atoms with Gasteiger partial charge in [0, 0.05) is 5.41 Å². The average molecular weight is 477 g/mol. The monoisotopic (exact) mass is 476 g/mol. The molecule has 184 valence electrons. The van der Waals surface area contributed by atoms with Gasteiger partial charge in [-0.1, -0.05) is 160 Å². The molecule has 0 unspecified atom stereocenters. The lowest BCUT2D eigenvalue weighted by molar-refractivity contribution is -0.144. The number of benzene rings is 4. The number of rotatable bonds is 12. The molecule has 0 spiro atoms. The Morgan fingerprint density at radius 1 is 0.556 bits per heavy atom. The normalized spacial score (nSPS) is 11.8. The van der Waals surface area contributed by atoms with Gasteiger partial charge in [-0.15, -0.1) is 0 Å². The van der Waals surface area contributed by atoms with E-state index in [0.717, 1.165) is 47.9 Å². The molecule has 2 heteroatoms. The van der Waals surface area contributed by atoms with Crippen LogP contribution < -0.4 is 0 Å². The molecule has 0 saturated carbocycles. The van der Waals surface area contributed by atoms with Gasteiger partial charge < -0.3 is 5.11 Å². The first-order valence-electron chi connectivity index (χ1n) is 13.1. The molecular weight excluding hydrogens is 440 g/mol. The largest absolute Gasteiger partial charge is 0.480 e. The Bertz CT molecular complexity index is 1120. The first-order chi connectivity index (χ1) is 17.7. The van der Waals surface area contributed by atoms with E-state index in [1.165, 1.54) is 12.8 Å². The van der Waals surface area contributed by atoms with Crippen LogP contribution in [0.25, 0.3) is 0 Å². The van der Waals surface area contributed by atoms with Crippen molar-refractivity contribution in [2.24, 2.45) is 0 Å². The van der Waals surface area contributed by atoms with Gasteiger partial charge in [0.05, 0.1) is 0 Å². The van der Waals surface area contributed by atoms with E-state index in [1.54, 1.807) is 0 Å². The highest BCUT2D eigenvalue weighted by atomic mass is 16.4. The van der Waals surface area contributed by atoms with E-state index in [1.807, 2.05) is 97.1 Å². The van der Waals surface area contributed by atoms with E-state index in [9.17, 15) is 9.90 Å². The summed E-state index contributed by atoms with van der Waals surface area (Å²) in [6, 6.07) is 40.3. The van der Waals surface area contributed by atoms with Crippen LogP contribution >= 0.6 is 0 Å². The predicted octanol–water partition coefficient (Wildman–Crippen LogP) is 8.40. The van der Waals surface area contributed by atoms with E-state index in [4.69, 9.17) is 0 Å². The second-order valence-electron chi connectivity index (χ2n) is 9.59. The number of aliphatic carboxylic acids is 1. The van der Waals surface area contributed by atoms with Crippen LogP contribution in [0.15, 0.2) is 121 Å². The summed E-state index contributed by atoms with van der Waals surface area (Å²) in [4.78, 5) is 14.0. The molecule has 1 N–H and O–H groups in total. The maximum absolute atomic E-state index is 14.0. The van der Waals surface area contributed by atoms with Gasteiger partial charge in [-0.05, 0) is 28.7 Å². The molecule has 0 aromatic heterocycles. The van der Waals surface area contributed by atoms with Crippen LogP contribution in [0.4, 0.5) is 0 Å². The van der Waals surface area contributed by atoms with Crippen LogP contribution in [0.2, 0.25) is 0 Å². The summed E-state index contributed by atoms with van der Waals surface area (Å²) in [7, 11) is 0. The molecule has 0 aliphatic rings. The summed E-state index contributed by atoms with van der Waals surface area (Å²) in [5.74, 6) is -0.832. The molecule has 0 heterocycles. The van der Waals surface area contributed by atoms with Crippen molar-refractivity contribution in [2.75, 3.05) is 0 Å². The zero-order chi connectivity index (χ0) is 25.3. The Kier molecular flexibility index (Phi) is 8.38. The molecule has 0 fully saturated rings. The van der Waals surface area contributed by atoms with Gasteiger partial charge in [0.2, 0.25) is 0 Å². The average Bonchev–Trinajstić information content (AvgIpc) is 2.94. The molecule has 0 aliphatic heterocycles. The summed E-state index contributed by atoms with van der Waals surface area (Å²) in [6.07, 6.45) is 6.28. The minimum atomic E-state index is -1.33. The number of unbranched alkanes of at least 4 members (excludes halogenated alkanes) is 4. The summed E-state index contributed by atoms with van der Waals surface area (Å²) in [5.41, 5.74) is 1.50. The Morgan fingerprint density at radius 3 is 1.28 bits per heavy atom. The maximum Gasteiger partial charge on any atom is 0.319 e. The zero-order valence-corrected chi connectivity index (χ0v) is 21.1. The van der Waals surface area contributed by atoms with Crippen molar-refractivity contribution >= 4 is 5.97 Å². The Hall–Kier alpha value is -3.65. The van der Waals surface area contributed by atoms with Crippen molar-refractivity contribution in [3.8, 4) is 0 Å².